The van der Waals surface area contributed by atoms with Crippen LogP contribution < -0.4 is 0 Å². The third-order valence-corrected chi connectivity index (χ3v) is 4.71. The monoisotopic (exact) mass is 292 g/mol. The number of aryl methyl sites for hydroxylation is 1. The van der Waals surface area contributed by atoms with E-state index < -0.39 is 0 Å². The van der Waals surface area contributed by atoms with Gasteiger partial charge in [0.2, 0.25) is 0 Å². The molecule has 1 aliphatic carbocycles. The summed E-state index contributed by atoms with van der Waals surface area (Å²) in [7, 11) is 1.77. The molecule has 1 fully saturated rings. The molecule has 1 aromatic carbocycles. The predicted octanol–water partition coefficient (Wildman–Crippen LogP) is 3.90. The zero-order valence-corrected chi connectivity index (χ0v) is 12.9. The molecule has 0 N–H and O–H groups in total. The Labute approximate surface area is 124 Å². The SMILES string of the molecule is COCCC1(Cn2c(CCl)nc3c(C)cccc32)CC1. The fraction of sp³-hybridized carbons (Fsp3) is 0.562. The van der Waals surface area contributed by atoms with Crippen molar-refractivity contribution < 1.29 is 4.74 Å². The number of para-hydroxylation sites is 1. The molecule has 108 valence electrons. The van der Waals surface area contributed by atoms with Gasteiger partial charge < -0.3 is 9.30 Å². The highest BCUT2D eigenvalue weighted by molar-refractivity contribution is 6.16. The second-order valence-corrected chi connectivity index (χ2v) is 6.20. The van der Waals surface area contributed by atoms with Crippen LogP contribution in [0.15, 0.2) is 18.2 Å². The minimum Gasteiger partial charge on any atom is -0.385 e. The number of imidazole rings is 1. The van der Waals surface area contributed by atoms with E-state index in [2.05, 4.69) is 29.7 Å². The predicted molar refractivity (Wildman–Crippen MR) is 82.2 cm³/mol. The zero-order chi connectivity index (χ0) is 14.2. The number of rotatable bonds is 6. The van der Waals surface area contributed by atoms with Crippen molar-refractivity contribution in [3.8, 4) is 0 Å². The Bertz CT molecular complexity index is 616. The summed E-state index contributed by atoms with van der Waals surface area (Å²) in [6.45, 7) is 3.95. The molecule has 3 rings (SSSR count). The lowest BCUT2D eigenvalue weighted by molar-refractivity contribution is 0.167. The number of hydrogen-bond donors (Lipinski definition) is 0. The van der Waals surface area contributed by atoms with Crippen molar-refractivity contribution in [2.45, 2.75) is 38.6 Å². The fourth-order valence-corrected chi connectivity index (χ4v) is 3.14. The van der Waals surface area contributed by atoms with Crippen LogP contribution >= 0.6 is 11.6 Å². The van der Waals surface area contributed by atoms with E-state index in [0.717, 1.165) is 30.9 Å². The minimum absolute atomic E-state index is 0.397. The minimum atomic E-state index is 0.397. The summed E-state index contributed by atoms with van der Waals surface area (Å²) in [4.78, 5) is 4.72. The molecule has 0 aliphatic heterocycles. The van der Waals surface area contributed by atoms with Gasteiger partial charge in [-0.15, -0.1) is 11.6 Å². The van der Waals surface area contributed by atoms with Crippen LogP contribution in [0.4, 0.5) is 0 Å². The Kier molecular flexibility index (Phi) is 3.74. The first kappa shape index (κ1) is 13.9. The lowest BCUT2D eigenvalue weighted by Gasteiger charge is -2.17. The molecule has 4 heteroatoms. The zero-order valence-electron chi connectivity index (χ0n) is 12.2. The molecule has 1 aliphatic rings. The summed E-state index contributed by atoms with van der Waals surface area (Å²) < 4.78 is 7.57. The second-order valence-electron chi connectivity index (χ2n) is 5.93. The molecule has 0 spiro atoms. The molecule has 0 atom stereocenters. The largest absolute Gasteiger partial charge is 0.385 e. The van der Waals surface area contributed by atoms with Gasteiger partial charge in [-0.2, -0.15) is 0 Å². The molecular weight excluding hydrogens is 272 g/mol. The molecule has 1 heterocycles. The standard InChI is InChI=1S/C16H21ClN2O/c1-12-4-3-5-13-15(12)18-14(10-17)19(13)11-16(6-7-16)8-9-20-2/h3-5H,6-11H2,1-2H3. The number of halogens is 1. The van der Waals surface area contributed by atoms with Gasteiger partial charge in [0.15, 0.2) is 0 Å². The van der Waals surface area contributed by atoms with Gasteiger partial charge >= 0.3 is 0 Å². The Morgan fingerprint density at radius 1 is 1.40 bits per heavy atom. The molecule has 1 saturated carbocycles. The quantitative estimate of drug-likeness (QED) is 0.755. The van der Waals surface area contributed by atoms with Crippen LogP contribution in [-0.2, 0) is 17.2 Å². The van der Waals surface area contributed by atoms with E-state index in [-0.39, 0.29) is 0 Å². The highest BCUT2D eigenvalue weighted by atomic mass is 35.5. The Morgan fingerprint density at radius 2 is 2.20 bits per heavy atom. The maximum atomic E-state index is 6.10. The summed E-state index contributed by atoms with van der Waals surface area (Å²) >= 11 is 6.10. The van der Waals surface area contributed by atoms with Crippen LogP contribution in [0, 0.1) is 12.3 Å². The topological polar surface area (TPSA) is 27.1 Å². The number of aromatic nitrogens is 2. The summed E-state index contributed by atoms with van der Waals surface area (Å²) in [6.07, 6.45) is 3.68. The van der Waals surface area contributed by atoms with Gasteiger partial charge in [-0.3, -0.25) is 0 Å². The van der Waals surface area contributed by atoms with Gasteiger partial charge in [-0.05, 0) is 43.2 Å². The van der Waals surface area contributed by atoms with E-state index >= 15 is 0 Å². The number of ether oxygens (including phenoxy) is 1. The number of fused-ring (bicyclic) bond motifs is 1. The Hall–Kier alpha value is -1.06. The normalized spacial score (nSPS) is 16.8. The van der Waals surface area contributed by atoms with Gasteiger partial charge in [0.05, 0.1) is 16.9 Å². The molecule has 1 aromatic heterocycles. The van der Waals surface area contributed by atoms with Crippen molar-refractivity contribution in [3.63, 3.8) is 0 Å². The van der Waals surface area contributed by atoms with E-state index in [0.29, 0.717) is 11.3 Å². The smallest absolute Gasteiger partial charge is 0.124 e. The summed E-state index contributed by atoms with van der Waals surface area (Å²) in [5, 5.41) is 0. The molecule has 3 nitrogen and oxygen atoms in total. The summed E-state index contributed by atoms with van der Waals surface area (Å²) in [5.41, 5.74) is 3.91. The molecule has 0 saturated heterocycles. The number of nitrogens with zero attached hydrogens (tertiary/aromatic N) is 2. The lowest BCUT2D eigenvalue weighted by atomic mass is 10.0. The van der Waals surface area contributed by atoms with Crippen LogP contribution in [0.1, 0.15) is 30.7 Å². The molecular formula is C16H21ClN2O. The highest BCUT2D eigenvalue weighted by Gasteiger charge is 2.42. The van der Waals surface area contributed by atoms with Crippen molar-refractivity contribution in [2.75, 3.05) is 13.7 Å². The molecule has 0 unspecified atom stereocenters. The Morgan fingerprint density at radius 3 is 2.85 bits per heavy atom. The highest BCUT2D eigenvalue weighted by Crippen LogP contribution is 2.50. The van der Waals surface area contributed by atoms with Gasteiger partial charge in [-0.1, -0.05) is 12.1 Å². The fourth-order valence-electron chi connectivity index (χ4n) is 2.93. The number of benzene rings is 1. The number of hydrogen-bond acceptors (Lipinski definition) is 2. The lowest BCUT2D eigenvalue weighted by Crippen LogP contribution is -2.15. The molecule has 0 amide bonds. The van der Waals surface area contributed by atoms with Crippen LogP contribution in [-0.4, -0.2) is 23.3 Å². The average Bonchev–Trinajstić information content (AvgIpc) is 3.13. The number of alkyl halides is 1. The van der Waals surface area contributed by atoms with Crippen LogP contribution in [0.25, 0.3) is 11.0 Å². The first-order valence-electron chi connectivity index (χ1n) is 7.19. The Balaban J connectivity index is 1.96. The first-order valence-corrected chi connectivity index (χ1v) is 7.72. The van der Waals surface area contributed by atoms with E-state index in [1.54, 1.807) is 7.11 Å². The van der Waals surface area contributed by atoms with Crippen molar-refractivity contribution in [2.24, 2.45) is 5.41 Å². The van der Waals surface area contributed by atoms with Gasteiger partial charge in [0, 0.05) is 20.3 Å². The van der Waals surface area contributed by atoms with Crippen LogP contribution in [0.3, 0.4) is 0 Å². The summed E-state index contributed by atoms with van der Waals surface area (Å²) in [6, 6.07) is 6.36. The third kappa shape index (κ3) is 2.45. The van der Waals surface area contributed by atoms with Crippen LogP contribution in [0.5, 0.6) is 0 Å². The van der Waals surface area contributed by atoms with Gasteiger partial charge in [-0.25, -0.2) is 4.98 Å². The van der Waals surface area contributed by atoms with Crippen molar-refractivity contribution in [3.05, 3.63) is 29.6 Å². The molecule has 20 heavy (non-hydrogen) atoms. The van der Waals surface area contributed by atoms with E-state index in [9.17, 15) is 0 Å². The van der Waals surface area contributed by atoms with Gasteiger partial charge in [0.1, 0.15) is 5.82 Å². The third-order valence-electron chi connectivity index (χ3n) is 4.47. The van der Waals surface area contributed by atoms with E-state index in [4.69, 9.17) is 21.3 Å². The second kappa shape index (κ2) is 5.38. The van der Waals surface area contributed by atoms with Crippen LogP contribution in [0.2, 0.25) is 0 Å². The molecule has 0 bridgehead atoms. The maximum Gasteiger partial charge on any atom is 0.124 e. The van der Waals surface area contributed by atoms with E-state index in [1.807, 2.05) is 0 Å². The summed E-state index contributed by atoms with van der Waals surface area (Å²) in [5.74, 6) is 1.45. The maximum absolute atomic E-state index is 6.10. The van der Waals surface area contributed by atoms with Crippen molar-refractivity contribution in [1.82, 2.24) is 9.55 Å². The first-order chi connectivity index (χ1) is 9.69. The van der Waals surface area contributed by atoms with Crippen molar-refractivity contribution in [1.29, 1.82) is 0 Å². The van der Waals surface area contributed by atoms with E-state index in [1.165, 1.54) is 23.9 Å². The molecule has 2 aromatic rings. The van der Waals surface area contributed by atoms with Gasteiger partial charge in [0.25, 0.3) is 0 Å². The number of methoxy groups -OCH3 is 1. The molecule has 0 radical (unpaired) electrons. The average molecular weight is 293 g/mol. The van der Waals surface area contributed by atoms with Crippen molar-refractivity contribution >= 4 is 22.6 Å².